The summed E-state index contributed by atoms with van der Waals surface area (Å²) < 4.78 is 0. The number of amides is 1. The van der Waals surface area contributed by atoms with E-state index in [1.165, 1.54) is 0 Å². The molecule has 4 heteroatoms. The van der Waals surface area contributed by atoms with Crippen LogP contribution in [0.3, 0.4) is 0 Å². The average molecular weight is 202 g/mol. The first-order valence-electron chi connectivity index (χ1n) is 5.13. The van der Waals surface area contributed by atoms with Crippen molar-refractivity contribution in [1.82, 2.24) is 5.32 Å². The molecule has 0 aromatic carbocycles. The monoisotopic (exact) mass is 202 g/mol. The molecule has 2 unspecified atom stereocenters. The van der Waals surface area contributed by atoms with Crippen molar-refractivity contribution in [3.8, 4) is 0 Å². The third kappa shape index (κ3) is 5.19. The number of carbonyl (C=O) groups is 1. The Labute approximate surface area is 85.9 Å². The smallest absolute Gasteiger partial charge is 0.222 e. The predicted molar refractivity (Wildman–Crippen MR) is 56.8 cm³/mol. The fourth-order valence-corrected chi connectivity index (χ4v) is 0.958. The van der Waals surface area contributed by atoms with Crippen molar-refractivity contribution in [3.63, 3.8) is 0 Å². The molecule has 0 saturated carbocycles. The van der Waals surface area contributed by atoms with E-state index < -0.39 is 5.60 Å². The van der Waals surface area contributed by atoms with Gasteiger partial charge in [-0.25, -0.2) is 0 Å². The van der Waals surface area contributed by atoms with Crippen LogP contribution >= 0.6 is 0 Å². The quantitative estimate of drug-likeness (QED) is 0.578. The van der Waals surface area contributed by atoms with Gasteiger partial charge in [0.1, 0.15) is 0 Å². The number of aliphatic hydroxyl groups is 1. The Morgan fingerprint density at radius 2 is 2.21 bits per heavy atom. The Morgan fingerprint density at radius 3 is 2.64 bits per heavy atom. The van der Waals surface area contributed by atoms with Crippen LogP contribution in [0.15, 0.2) is 0 Å². The summed E-state index contributed by atoms with van der Waals surface area (Å²) in [6.07, 6.45) is 1.30. The van der Waals surface area contributed by atoms with E-state index in [9.17, 15) is 9.90 Å². The molecule has 0 rings (SSSR count). The summed E-state index contributed by atoms with van der Waals surface area (Å²) in [5.41, 5.74) is 4.54. The zero-order valence-corrected chi connectivity index (χ0v) is 9.34. The number of hydrogen-bond donors (Lipinski definition) is 3. The second kappa shape index (κ2) is 5.98. The highest BCUT2D eigenvalue weighted by atomic mass is 16.3. The molecule has 1 amide bonds. The Kier molecular flexibility index (Phi) is 5.72. The van der Waals surface area contributed by atoms with Crippen molar-refractivity contribution in [2.24, 2.45) is 11.7 Å². The molecule has 0 fully saturated rings. The number of carbonyl (C=O) groups excluding carboxylic acids is 1. The first-order valence-corrected chi connectivity index (χ1v) is 5.13. The maximum Gasteiger partial charge on any atom is 0.222 e. The Morgan fingerprint density at radius 1 is 1.64 bits per heavy atom. The highest BCUT2D eigenvalue weighted by molar-refractivity contribution is 5.78. The van der Waals surface area contributed by atoms with Crippen molar-refractivity contribution in [2.75, 3.05) is 13.1 Å². The van der Waals surface area contributed by atoms with Crippen LogP contribution in [0.5, 0.6) is 0 Å². The SMILES string of the molecule is CCC(C)(O)CNC(=O)C(C)CCN. The van der Waals surface area contributed by atoms with Gasteiger partial charge < -0.3 is 16.2 Å². The van der Waals surface area contributed by atoms with Gasteiger partial charge in [0.15, 0.2) is 0 Å². The number of nitrogens with one attached hydrogen (secondary N) is 1. The van der Waals surface area contributed by atoms with Crippen LogP contribution in [-0.2, 0) is 4.79 Å². The van der Waals surface area contributed by atoms with E-state index in [1.54, 1.807) is 6.92 Å². The van der Waals surface area contributed by atoms with Gasteiger partial charge in [-0.3, -0.25) is 4.79 Å². The van der Waals surface area contributed by atoms with Gasteiger partial charge in [0.05, 0.1) is 5.60 Å². The summed E-state index contributed by atoms with van der Waals surface area (Å²) in [5, 5.41) is 12.4. The lowest BCUT2D eigenvalue weighted by molar-refractivity contribution is -0.125. The lowest BCUT2D eigenvalue weighted by atomic mass is 10.0. The molecule has 84 valence electrons. The van der Waals surface area contributed by atoms with E-state index in [4.69, 9.17) is 5.73 Å². The molecule has 0 heterocycles. The predicted octanol–water partition coefficient (Wildman–Crippen LogP) is 0.249. The van der Waals surface area contributed by atoms with Crippen LogP contribution in [0.1, 0.15) is 33.6 Å². The van der Waals surface area contributed by atoms with Crippen molar-refractivity contribution in [3.05, 3.63) is 0 Å². The Hall–Kier alpha value is -0.610. The summed E-state index contributed by atoms with van der Waals surface area (Å²) in [5.74, 6) is -0.114. The molecule has 4 nitrogen and oxygen atoms in total. The van der Waals surface area contributed by atoms with Gasteiger partial charge >= 0.3 is 0 Å². The van der Waals surface area contributed by atoms with Gasteiger partial charge in [-0.1, -0.05) is 13.8 Å². The molecular formula is C10H22N2O2. The molecule has 0 aromatic heterocycles. The van der Waals surface area contributed by atoms with Crippen LogP contribution in [0, 0.1) is 5.92 Å². The maximum absolute atomic E-state index is 11.4. The van der Waals surface area contributed by atoms with Crippen molar-refractivity contribution >= 4 is 5.91 Å². The maximum atomic E-state index is 11.4. The van der Waals surface area contributed by atoms with Gasteiger partial charge in [0.2, 0.25) is 5.91 Å². The number of hydrogen-bond acceptors (Lipinski definition) is 3. The Balaban J connectivity index is 3.84. The van der Waals surface area contributed by atoms with Crippen molar-refractivity contribution < 1.29 is 9.90 Å². The van der Waals surface area contributed by atoms with E-state index in [1.807, 2.05) is 13.8 Å². The van der Waals surface area contributed by atoms with Crippen LogP contribution in [0.4, 0.5) is 0 Å². The molecular weight excluding hydrogens is 180 g/mol. The molecule has 2 atom stereocenters. The topological polar surface area (TPSA) is 75.3 Å². The summed E-state index contributed by atoms with van der Waals surface area (Å²) in [4.78, 5) is 11.4. The van der Waals surface area contributed by atoms with Gasteiger partial charge in [-0.15, -0.1) is 0 Å². The third-order valence-corrected chi connectivity index (χ3v) is 2.45. The fraction of sp³-hybridized carbons (Fsp3) is 0.900. The van der Waals surface area contributed by atoms with Gasteiger partial charge in [0, 0.05) is 12.5 Å². The van der Waals surface area contributed by atoms with Crippen LogP contribution < -0.4 is 11.1 Å². The minimum atomic E-state index is -0.807. The standard InChI is InChI=1S/C10H22N2O2/c1-4-10(3,14)7-12-9(13)8(2)5-6-11/h8,14H,4-7,11H2,1-3H3,(H,12,13). The minimum absolute atomic E-state index is 0.0378. The van der Waals surface area contributed by atoms with Crippen molar-refractivity contribution in [2.45, 2.75) is 39.2 Å². The highest BCUT2D eigenvalue weighted by Crippen LogP contribution is 2.07. The minimum Gasteiger partial charge on any atom is -0.388 e. The van der Waals surface area contributed by atoms with Crippen LogP contribution in [-0.4, -0.2) is 29.7 Å². The molecule has 14 heavy (non-hydrogen) atoms. The van der Waals surface area contributed by atoms with E-state index in [-0.39, 0.29) is 11.8 Å². The van der Waals surface area contributed by atoms with E-state index in [2.05, 4.69) is 5.32 Å². The van der Waals surface area contributed by atoms with Crippen molar-refractivity contribution in [1.29, 1.82) is 0 Å². The largest absolute Gasteiger partial charge is 0.388 e. The molecule has 0 aliphatic rings. The molecule has 4 N–H and O–H groups in total. The second-order valence-electron chi connectivity index (χ2n) is 4.05. The van der Waals surface area contributed by atoms with Gasteiger partial charge in [-0.2, -0.15) is 0 Å². The molecule has 0 bridgehead atoms. The molecule has 0 aromatic rings. The van der Waals surface area contributed by atoms with Crippen LogP contribution in [0.2, 0.25) is 0 Å². The molecule has 0 saturated heterocycles. The number of rotatable bonds is 6. The zero-order valence-electron chi connectivity index (χ0n) is 9.34. The number of nitrogens with two attached hydrogens (primary N) is 1. The third-order valence-electron chi connectivity index (χ3n) is 2.45. The molecule has 0 spiro atoms. The lowest BCUT2D eigenvalue weighted by Crippen LogP contribution is -2.42. The van der Waals surface area contributed by atoms with E-state index in [0.717, 1.165) is 0 Å². The summed E-state index contributed by atoms with van der Waals surface area (Å²) >= 11 is 0. The summed E-state index contributed by atoms with van der Waals surface area (Å²) in [6, 6.07) is 0. The summed E-state index contributed by atoms with van der Waals surface area (Å²) in [7, 11) is 0. The second-order valence-corrected chi connectivity index (χ2v) is 4.05. The first-order chi connectivity index (χ1) is 6.43. The highest BCUT2D eigenvalue weighted by Gasteiger charge is 2.20. The van der Waals surface area contributed by atoms with E-state index >= 15 is 0 Å². The zero-order chi connectivity index (χ0) is 11.2. The summed E-state index contributed by atoms with van der Waals surface area (Å²) in [6.45, 7) is 6.25. The Bertz CT molecular complexity index is 181. The molecule has 0 aliphatic carbocycles. The fourth-order valence-electron chi connectivity index (χ4n) is 0.958. The first kappa shape index (κ1) is 13.4. The normalized spacial score (nSPS) is 17.2. The average Bonchev–Trinajstić information content (AvgIpc) is 2.15. The lowest BCUT2D eigenvalue weighted by Gasteiger charge is -2.22. The molecule has 0 aliphatic heterocycles. The van der Waals surface area contributed by atoms with E-state index in [0.29, 0.717) is 25.9 Å². The van der Waals surface area contributed by atoms with Gasteiger partial charge in [0.25, 0.3) is 0 Å². The van der Waals surface area contributed by atoms with Crippen LogP contribution in [0.25, 0.3) is 0 Å². The molecule has 0 radical (unpaired) electrons. The van der Waals surface area contributed by atoms with Gasteiger partial charge in [-0.05, 0) is 26.3 Å².